The third-order valence-electron chi connectivity index (χ3n) is 2.79. The number of carbonyl (C=O) groups excluding carboxylic acids is 1. The van der Waals surface area contributed by atoms with Crippen LogP contribution < -0.4 is 16.6 Å². The van der Waals surface area contributed by atoms with Gasteiger partial charge in [-0.05, 0) is 31.2 Å². The molecular formula is C14H14FN3O2. The number of nitrogens with two attached hydrogens (primary N) is 1. The molecule has 0 unspecified atom stereocenters. The molecule has 0 saturated carbocycles. The molecule has 20 heavy (non-hydrogen) atoms. The summed E-state index contributed by atoms with van der Waals surface area (Å²) in [6, 6.07) is 7.23. The van der Waals surface area contributed by atoms with E-state index in [0.717, 1.165) is 0 Å². The molecule has 104 valence electrons. The molecule has 0 fully saturated rings. The fraction of sp³-hybridized carbons (Fsp3) is 0.143. The summed E-state index contributed by atoms with van der Waals surface area (Å²) in [4.78, 5) is 23.6. The Morgan fingerprint density at radius 2 is 2.15 bits per heavy atom. The van der Waals surface area contributed by atoms with Gasteiger partial charge in [0.1, 0.15) is 12.4 Å². The molecule has 2 rings (SSSR count). The van der Waals surface area contributed by atoms with Crippen molar-refractivity contribution in [3.63, 3.8) is 0 Å². The molecule has 0 radical (unpaired) electrons. The number of aryl methyl sites for hydroxylation is 1. The zero-order chi connectivity index (χ0) is 14.7. The molecule has 2 aromatic rings. The van der Waals surface area contributed by atoms with Crippen LogP contribution >= 0.6 is 0 Å². The van der Waals surface area contributed by atoms with E-state index in [1.165, 1.54) is 29.0 Å². The first-order chi connectivity index (χ1) is 9.47. The van der Waals surface area contributed by atoms with Crippen LogP contribution in [-0.2, 0) is 11.3 Å². The number of halogens is 1. The lowest BCUT2D eigenvalue weighted by Gasteiger charge is -2.09. The fourth-order valence-corrected chi connectivity index (χ4v) is 1.76. The number of benzene rings is 1. The van der Waals surface area contributed by atoms with E-state index < -0.39 is 11.7 Å². The van der Waals surface area contributed by atoms with Crippen molar-refractivity contribution in [2.75, 3.05) is 11.1 Å². The second kappa shape index (κ2) is 5.56. The molecule has 5 nitrogen and oxygen atoms in total. The predicted octanol–water partition coefficient (Wildman–Crippen LogP) is 1.52. The highest BCUT2D eigenvalue weighted by atomic mass is 19.1. The first-order valence-corrected chi connectivity index (χ1v) is 5.98. The van der Waals surface area contributed by atoms with Crippen LogP contribution in [0.1, 0.15) is 5.56 Å². The maximum Gasteiger partial charge on any atom is 0.253 e. The summed E-state index contributed by atoms with van der Waals surface area (Å²) in [6.07, 6.45) is 1.50. The molecule has 6 heteroatoms. The molecule has 0 bridgehead atoms. The molecule has 3 N–H and O–H groups in total. The zero-order valence-corrected chi connectivity index (χ0v) is 10.9. The molecule has 1 aromatic carbocycles. The van der Waals surface area contributed by atoms with Crippen molar-refractivity contribution in [3.8, 4) is 0 Å². The zero-order valence-electron chi connectivity index (χ0n) is 10.9. The summed E-state index contributed by atoms with van der Waals surface area (Å²) in [7, 11) is 0. The normalized spacial score (nSPS) is 10.3. The summed E-state index contributed by atoms with van der Waals surface area (Å²) < 4.78 is 14.7. The molecule has 1 amide bonds. The quantitative estimate of drug-likeness (QED) is 0.834. The highest BCUT2D eigenvalue weighted by Gasteiger charge is 2.09. The minimum atomic E-state index is -0.580. The van der Waals surface area contributed by atoms with E-state index >= 15 is 0 Å². The molecule has 0 saturated heterocycles. The molecule has 1 heterocycles. The topological polar surface area (TPSA) is 77.1 Å². The number of hydrogen-bond donors (Lipinski definition) is 2. The van der Waals surface area contributed by atoms with E-state index in [4.69, 9.17) is 5.73 Å². The minimum absolute atomic E-state index is 0.00398. The molecule has 1 aromatic heterocycles. The van der Waals surface area contributed by atoms with Crippen LogP contribution in [0.15, 0.2) is 41.3 Å². The molecule has 0 spiro atoms. The van der Waals surface area contributed by atoms with Crippen molar-refractivity contribution in [3.05, 3.63) is 58.3 Å². The maximum atomic E-state index is 13.5. The third kappa shape index (κ3) is 3.03. The van der Waals surface area contributed by atoms with E-state index in [9.17, 15) is 14.0 Å². The van der Waals surface area contributed by atoms with E-state index in [2.05, 4.69) is 5.32 Å². The van der Waals surface area contributed by atoms with Crippen LogP contribution in [0.5, 0.6) is 0 Å². The number of nitrogens with zero attached hydrogens (tertiary/aromatic N) is 1. The van der Waals surface area contributed by atoms with Crippen LogP contribution in [0.4, 0.5) is 15.8 Å². The summed E-state index contributed by atoms with van der Waals surface area (Å²) in [5.74, 6) is -1.08. The fourth-order valence-electron chi connectivity index (χ4n) is 1.76. The van der Waals surface area contributed by atoms with Crippen molar-refractivity contribution in [2.24, 2.45) is 0 Å². The lowest BCUT2D eigenvalue weighted by atomic mass is 10.2. The maximum absolute atomic E-state index is 13.5. The van der Waals surface area contributed by atoms with Crippen LogP contribution in [-0.4, -0.2) is 10.5 Å². The van der Waals surface area contributed by atoms with Gasteiger partial charge in [-0.3, -0.25) is 9.59 Å². The average Bonchev–Trinajstić information content (AvgIpc) is 2.39. The Labute approximate surface area is 114 Å². The number of aromatic nitrogens is 1. The van der Waals surface area contributed by atoms with Crippen LogP contribution in [0.2, 0.25) is 0 Å². The van der Waals surface area contributed by atoms with Gasteiger partial charge in [0.2, 0.25) is 5.91 Å². The standard InChI is InChI=1S/C14H14FN3O2/c1-9-3-2-6-18(14(9)20)8-13(19)17-12-7-10(16)4-5-11(12)15/h2-7H,8,16H2,1H3,(H,17,19). The van der Waals surface area contributed by atoms with Crippen molar-refractivity contribution >= 4 is 17.3 Å². The van der Waals surface area contributed by atoms with Gasteiger partial charge in [-0.2, -0.15) is 0 Å². The van der Waals surface area contributed by atoms with Gasteiger partial charge in [0, 0.05) is 17.4 Å². The lowest BCUT2D eigenvalue weighted by Crippen LogP contribution is -2.28. The Kier molecular flexibility index (Phi) is 3.84. The summed E-state index contributed by atoms with van der Waals surface area (Å²) in [6.45, 7) is 1.48. The molecule has 0 aliphatic heterocycles. The number of nitrogens with one attached hydrogen (secondary N) is 1. The van der Waals surface area contributed by atoms with Gasteiger partial charge in [-0.25, -0.2) is 4.39 Å². The summed E-state index contributed by atoms with van der Waals surface area (Å²) >= 11 is 0. The Hall–Kier alpha value is -2.63. The van der Waals surface area contributed by atoms with Crippen molar-refractivity contribution in [1.82, 2.24) is 4.57 Å². The SMILES string of the molecule is Cc1cccn(CC(=O)Nc2cc(N)ccc2F)c1=O. The molecule has 0 atom stereocenters. The monoisotopic (exact) mass is 275 g/mol. The van der Waals surface area contributed by atoms with E-state index in [-0.39, 0.29) is 17.8 Å². The van der Waals surface area contributed by atoms with Gasteiger partial charge in [0.05, 0.1) is 5.69 Å². The third-order valence-corrected chi connectivity index (χ3v) is 2.79. The number of rotatable bonds is 3. The Balaban J connectivity index is 2.15. The number of nitrogen functional groups attached to an aromatic ring is 1. The van der Waals surface area contributed by atoms with Gasteiger partial charge in [-0.1, -0.05) is 6.07 Å². The smallest absolute Gasteiger partial charge is 0.253 e. The average molecular weight is 275 g/mol. The van der Waals surface area contributed by atoms with Crippen LogP contribution in [0, 0.1) is 12.7 Å². The number of pyridine rings is 1. The van der Waals surface area contributed by atoms with Gasteiger partial charge < -0.3 is 15.6 Å². The highest BCUT2D eigenvalue weighted by molar-refractivity contribution is 5.91. The Morgan fingerprint density at radius 1 is 1.40 bits per heavy atom. The van der Waals surface area contributed by atoms with Crippen molar-refractivity contribution in [2.45, 2.75) is 13.5 Å². The summed E-state index contributed by atoms with van der Waals surface area (Å²) in [5, 5.41) is 2.39. The van der Waals surface area contributed by atoms with E-state index in [0.29, 0.717) is 11.3 Å². The predicted molar refractivity (Wildman–Crippen MR) is 74.9 cm³/mol. The number of hydrogen-bond acceptors (Lipinski definition) is 3. The lowest BCUT2D eigenvalue weighted by molar-refractivity contribution is -0.116. The largest absolute Gasteiger partial charge is 0.399 e. The summed E-state index contributed by atoms with van der Waals surface area (Å²) in [5.41, 5.74) is 6.15. The molecule has 0 aliphatic rings. The van der Waals surface area contributed by atoms with Gasteiger partial charge in [0.15, 0.2) is 0 Å². The highest BCUT2D eigenvalue weighted by Crippen LogP contribution is 2.17. The van der Waals surface area contributed by atoms with Crippen LogP contribution in [0.3, 0.4) is 0 Å². The second-order valence-electron chi connectivity index (χ2n) is 4.41. The van der Waals surface area contributed by atoms with Gasteiger partial charge in [0.25, 0.3) is 5.56 Å². The molecule has 0 aliphatic carbocycles. The van der Waals surface area contributed by atoms with Crippen molar-refractivity contribution < 1.29 is 9.18 Å². The molecular weight excluding hydrogens is 261 g/mol. The van der Waals surface area contributed by atoms with Crippen molar-refractivity contribution in [1.29, 1.82) is 0 Å². The van der Waals surface area contributed by atoms with Gasteiger partial charge in [-0.15, -0.1) is 0 Å². The number of carbonyl (C=O) groups is 1. The van der Waals surface area contributed by atoms with Gasteiger partial charge >= 0.3 is 0 Å². The Bertz CT molecular complexity index is 710. The number of anilines is 2. The second-order valence-corrected chi connectivity index (χ2v) is 4.41. The minimum Gasteiger partial charge on any atom is -0.399 e. The first kappa shape index (κ1) is 13.8. The number of amides is 1. The van der Waals surface area contributed by atoms with E-state index in [1.54, 1.807) is 19.1 Å². The first-order valence-electron chi connectivity index (χ1n) is 5.98. The van der Waals surface area contributed by atoms with E-state index in [1.807, 2.05) is 0 Å². The Morgan fingerprint density at radius 3 is 2.90 bits per heavy atom. The van der Waals surface area contributed by atoms with Crippen LogP contribution in [0.25, 0.3) is 0 Å².